The van der Waals surface area contributed by atoms with Crippen LogP contribution in [0.25, 0.3) is 20.4 Å². The summed E-state index contributed by atoms with van der Waals surface area (Å²) in [6.07, 6.45) is 6.35. The minimum absolute atomic E-state index is 0.624. The number of hydrogen-bond donors (Lipinski definition) is 0. The van der Waals surface area contributed by atoms with E-state index in [0.717, 1.165) is 40.4 Å². The van der Waals surface area contributed by atoms with Gasteiger partial charge in [0.2, 0.25) is 0 Å². The van der Waals surface area contributed by atoms with E-state index in [4.69, 9.17) is 9.97 Å². The maximum Gasteiger partial charge on any atom is 0.126 e. The first-order valence-corrected chi connectivity index (χ1v) is 12.2. The van der Waals surface area contributed by atoms with Crippen LogP contribution in [0, 0.1) is 12.8 Å². The molecule has 0 aliphatic heterocycles. The molecule has 4 aromatic rings. The summed E-state index contributed by atoms with van der Waals surface area (Å²) in [5.41, 5.74) is 8.04. The van der Waals surface area contributed by atoms with Gasteiger partial charge in [0.25, 0.3) is 0 Å². The van der Waals surface area contributed by atoms with Crippen LogP contribution in [0.5, 0.6) is 0 Å². The van der Waals surface area contributed by atoms with E-state index in [2.05, 4.69) is 50.0 Å². The van der Waals surface area contributed by atoms with Crippen LogP contribution in [0.4, 0.5) is 0 Å². The van der Waals surface area contributed by atoms with Crippen molar-refractivity contribution in [2.75, 3.05) is 0 Å². The number of fused-ring (bicyclic) bond motifs is 5. The Balaban J connectivity index is 1.59. The van der Waals surface area contributed by atoms with Gasteiger partial charge in [-0.3, -0.25) is 0 Å². The van der Waals surface area contributed by atoms with Crippen LogP contribution >= 0.6 is 23.1 Å². The van der Waals surface area contributed by atoms with Crippen LogP contribution in [0.2, 0.25) is 0 Å². The minimum atomic E-state index is 0.624. The van der Waals surface area contributed by atoms with Crippen molar-refractivity contribution >= 4 is 43.5 Å². The molecule has 0 atom stereocenters. The predicted octanol–water partition coefficient (Wildman–Crippen LogP) is 6.53. The highest BCUT2D eigenvalue weighted by molar-refractivity contribution is 7.98. The Labute approximate surface area is 180 Å². The summed E-state index contributed by atoms with van der Waals surface area (Å²) in [4.78, 5) is 15.6. The first-order valence-electron chi connectivity index (χ1n) is 10.4. The molecule has 0 fully saturated rings. The zero-order chi connectivity index (χ0) is 20.0. The molecule has 1 aliphatic rings. The van der Waals surface area contributed by atoms with Gasteiger partial charge in [-0.05, 0) is 55.2 Å². The van der Waals surface area contributed by atoms with Crippen LogP contribution in [0.3, 0.4) is 0 Å². The fraction of sp³-hybridized carbons (Fsp3) is 0.375. The van der Waals surface area contributed by atoms with Crippen molar-refractivity contribution in [3.05, 3.63) is 58.5 Å². The molecule has 0 N–H and O–H groups in total. The molecule has 148 valence electrons. The van der Waals surface area contributed by atoms with Gasteiger partial charge in [-0.15, -0.1) is 23.1 Å². The Bertz CT molecular complexity index is 1190. The topological polar surface area (TPSA) is 38.7 Å². The number of benzene rings is 1. The Hall–Kier alpha value is -1.98. The molecule has 3 nitrogen and oxygen atoms in total. The first-order chi connectivity index (χ1) is 14.1. The molecule has 0 saturated heterocycles. The number of thiophene rings is 1. The van der Waals surface area contributed by atoms with Crippen molar-refractivity contribution in [2.45, 2.75) is 57.2 Å². The summed E-state index contributed by atoms with van der Waals surface area (Å²) >= 11 is 3.58. The SMILES string of the molecule is Cc1ccc(CSc2ncnc3c2sc2nc(CC(C)C)c4c(c23)CCC4)cc1. The highest BCUT2D eigenvalue weighted by Gasteiger charge is 2.24. The second-order valence-corrected chi connectivity index (χ2v) is 10.3. The van der Waals surface area contributed by atoms with Crippen LogP contribution in [-0.2, 0) is 25.0 Å². The van der Waals surface area contributed by atoms with E-state index >= 15 is 0 Å². The normalized spacial score (nSPS) is 13.7. The monoisotopic (exact) mass is 419 g/mol. The molecule has 0 radical (unpaired) electrons. The van der Waals surface area contributed by atoms with E-state index in [1.165, 1.54) is 44.5 Å². The van der Waals surface area contributed by atoms with Gasteiger partial charge in [0.05, 0.1) is 10.2 Å². The lowest BCUT2D eigenvalue weighted by Crippen LogP contribution is -2.03. The van der Waals surface area contributed by atoms with Crippen molar-refractivity contribution in [1.29, 1.82) is 0 Å². The van der Waals surface area contributed by atoms with E-state index in [9.17, 15) is 0 Å². The Morgan fingerprint density at radius 3 is 2.66 bits per heavy atom. The Morgan fingerprint density at radius 1 is 1.07 bits per heavy atom. The summed E-state index contributed by atoms with van der Waals surface area (Å²) < 4.78 is 1.20. The van der Waals surface area contributed by atoms with Gasteiger partial charge in [0.15, 0.2) is 0 Å². The zero-order valence-electron chi connectivity index (χ0n) is 17.2. The summed E-state index contributed by atoms with van der Waals surface area (Å²) in [5, 5.41) is 2.38. The van der Waals surface area contributed by atoms with Gasteiger partial charge in [0.1, 0.15) is 16.2 Å². The van der Waals surface area contributed by atoms with E-state index in [1.807, 2.05) is 0 Å². The molecule has 0 saturated carbocycles. The molecule has 5 heteroatoms. The summed E-state index contributed by atoms with van der Waals surface area (Å²) in [6.45, 7) is 6.69. The molecule has 29 heavy (non-hydrogen) atoms. The largest absolute Gasteiger partial charge is 0.242 e. The average molecular weight is 420 g/mol. The van der Waals surface area contributed by atoms with Gasteiger partial charge >= 0.3 is 0 Å². The Kier molecular flexibility index (Phi) is 5.04. The molecule has 0 amide bonds. The highest BCUT2D eigenvalue weighted by Crippen LogP contribution is 2.42. The van der Waals surface area contributed by atoms with Crippen molar-refractivity contribution in [3.8, 4) is 0 Å². The van der Waals surface area contributed by atoms with Crippen molar-refractivity contribution in [1.82, 2.24) is 15.0 Å². The number of pyridine rings is 1. The number of hydrogen-bond acceptors (Lipinski definition) is 5. The number of aryl methyl sites for hydroxylation is 2. The Morgan fingerprint density at radius 2 is 1.86 bits per heavy atom. The second kappa shape index (κ2) is 7.69. The maximum atomic E-state index is 5.13. The predicted molar refractivity (Wildman–Crippen MR) is 124 cm³/mol. The lowest BCUT2D eigenvalue weighted by molar-refractivity contribution is 0.632. The molecule has 0 spiro atoms. The van der Waals surface area contributed by atoms with Gasteiger partial charge in [0, 0.05) is 16.8 Å². The third-order valence-corrected chi connectivity index (χ3v) is 7.89. The van der Waals surface area contributed by atoms with Crippen molar-refractivity contribution in [3.63, 3.8) is 0 Å². The maximum absolute atomic E-state index is 5.13. The average Bonchev–Trinajstić information content (AvgIpc) is 3.31. The van der Waals surface area contributed by atoms with Crippen LogP contribution < -0.4 is 0 Å². The fourth-order valence-corrected chi connectivity index (χ4v) is 6.46. The molecule has 3 aromatic heterocycles. The molecule has 5 rings (SSSR count). The lowest BCUT2D eigenvalue weighted by Gasteiger charge is -2.11. The quantitative estimate of drug-likeness (QED) is 0.272. The van der Waals surface area contributed by atoms with Crippen LogP contribution in [-0.4, -0.2) is 15.0 Å². The van der Waals surface area contributed by atoms with E-state index < -0.39 is 0 Å². The number of nitrogens with zero attached hydrogens (tertiary/aromatic N) is 3. The van der Waals surface area contributed by atoms with Gasteiger partial charge in [-0.25, -0.2) is 15.0 Å². The molecule has 1 aromatic carbocycles. The zero-order valence-corrected chi connectivity index (χ0v) is 18.8. The number of aromatic nitrogens is 3. The first kappa shape index (κ1) is 19.0. The fourth-order valence-electron chi connectivity index (χ4n) is 4.25. The van der Waals surface area contributed by atoms with Crippen molar-refractivity contribution < 1.29 is 0 Å². The molecule has 1 aliphatic carbocycles. The van der Waals surface area contributed by atoms with Crippen LogP contribution in [0.15, 0.2) is 35.6 Å². The smallest absolute Gasteiger partial charge is 0.126 e. The number of rotatable bonds is 5. The summed E-state index contributed by atoms with van der Waals surface area (Å²) in [7, 11) is 0. The van der Waals surface area contributed by atoms with Crippen molar-refractivity contribution in [2.24, 2.45) is 5.92 Å². The van der Waals surface area contributed by atoms with Gasteiger partial charge in [-0.2, -0.15) is 0 Å². The molecule has 0 unspecified atom stereocenters. The molecular formula is C24H25N3S2. The minimum Gasteiger partial charge on any atom is -0.242 e. The third kappa shape index (κ3) is 3.55. The van der Waals surface area contributed by atoms with E-state index in [1.54, 1.807) is 29.4 Å². The molecular weight excluding hydrogens is 394 g/mol. The van der Waals surface area contributed by atoms with Gasteiger partial charge in [-0.1, -0.05) is 43.7 Å². The summed E-state index contributed by atoms with van der Waals surface area (Å²) in [5.74, 6) is 1.55. The standard InChI is InChI=1S/C24H25N3S2/c1-14(2)11-19-17-5-4-6-18(17)20-21-22(29-23(20)27-19)24(26-13-25-21)28-12-16-9-7-15(3)8-10-16/h7-10,13-14H,4-6,11-12H2,1-3H3. The van der Waals surface area contributed by atoms with Crippen LogP contribution in [0.1, 0.15) is 48.2 Å². The summed E-state index contributed by atoms with van der Waals surface area (Å²) in [6, 6.07) is 8.76. The second-order valence-electron chi connectivity index (χ2n) is 8.38. The van der Waals surface area contributed by atoms with E-state index in [0.29, 0.717) is 5.92 Å². The van der Waals surface area contributed by atoms with E-state index in [-0.39, 0.29) is 0 Å². The molecule has 3 heterocycles. The third-order valence-electron chi connectivity index (χ3n) is 5.62. The molecule has 0 bridgehead atoms. The van der Waals surface area contributed by atoms with Gasteiger partial charge < -0.3 is 0 Å². The number of thioether (sulfide) groups is 1. The lowest BCUT2D eigenvalue weighted by atomic mass is 9.99. The highest BCUT2D eigenvalue weighted by atomic mass is 32.2.